The van der Waals surface area contributed by atoms with E-state index in [2.05, 4.69) is 29.4 Å². The van der Waals surface area contributed by atoms with E-state index in [1.54, 1.807) is 0 Å². The molecule has 3 fully saturated rings. The van der Waals surface area contributed by atoms with E-state index in [1.807, 2.05) is 0 Å². The Morgan fingerprint density at radius 1 is 1.27 bits per heavy atom. The molecule has 2 heterocycles. The van der Waals surface area contributed by atoms with E-state index in [0.717, 1.165) is 51.6 Å². The van der Waals surface area contributed by atoms with E-state index in [1.165, 1.54) is 6.42 Å². The molecular weight excluding hydrogens is 330 g/mol. The smallest absolute Gasteiger partial charge is 0.244 e. The molecule has 0 aromatic heterocycles. The summed E-state index contributed by atoms with van der Waals surface area (Å²) in [5.74, 6) is 0.643. The van der Waals surface area contributed by atoms with Gasteiger partial charge in [-0.2, -0.15) is 0 Å². The molecule has 2 N–H and O–H groups in total. The Morgan fingerprint density at radius 2 is 1.96 bits per heavy atom. The van der Waals surface area contributed by atoms with Crippen molar-refractivity contribution >= 4 is 11.8 Å². The molecule has 6 nitrogen and oxygen atoms in total. The van der Waals surface area contributed by atoms with Crippen LogP contribution in [0.5, 0.6) is 0 Å². The van der Waals surface area contributed by atoms with Gasteiger partial charge < -0.3 is 15.4 Å². The van der Waals surface area contributed by atoms with E-state index in [9.17, 15) is 9.59 Å². The van der Waals surface area contributed by atoms with Gasteiger partial charge in [0.25, 0.3) is 0 Å². The fourth-order valence-corrected chi connectivity index (χ4v) is 4.69. The Hall–Kier alpha value is -1.14. The Labute approximate surface area is 157 Å². The monoisotopic (exact) mass is 365 g/mol. The molecule has 1 atom stereocenters. The molecule has 0 aromatic carbocycles. The van der Waals surface area contributed by atoms with E-state index in [-0.39, 0.29) is 23.3 Å². The van der Waals surface area contributed by atoms with Crippen LogP contribution in [0.1, 0.15) is 58.8 Å². The molecule has 2 aliphatic heterocycles. The van der Waals surface area contributed by atoms with E-state index in [0.29, 0.717) is 25.7 Å². The Balaban J connectivity index is 1.70. The number of carbonyl (C=O) groups excluding carboxylic acids is 2. The number of hydrogen-bond donors (Lipinski definition) is 2. The minimum atomic E-state index is -0.453. The fraction of sp³-hybridized carbons (Fsp3) is 0.900. The molecule has 26 heavy (non-hydrogen) atoms. The molecule has 6 heteroatoms. The highest BCUT2D eigenvalue weighted by molar-refractivity contribution is 5.89. The third kappa shape index (κ3) is 4.97. The average molecular weight is 366 g/mol. The van der Waals surface area contributed by atoms with Crippen molar-refractivity contribution in [2.45, 2.75) is 70.4 Å². The highest BCUT2D eigenvalue weighted by atomic mass is 16.5. The van der Waals surface area contributed by atoms with Crippen LogP contribution in [0.2, 0.25) is 0 Å². The number of nitrogens with zero attached hydrogens (tertiary/aromatic N) is 1. The topological polar surface area (TPSA) is 70.7 Å². The molecule has 1 unspecified atom stereocenters. The van der Waals surface area contributed by atoms with Crippen molar-refractivity contribution in [2.75, 3.05) is 32.8 Å². The zero-order valence-corrected chi connectivity index (χ0v) is 16.4. The van der Waals surface area contributed by atoms with Crippen molar-refractivity contribution < 1.29 is 14.3 Å². The molecule has 2 amide bonds. The number of carbonyl (C=O) groups is 2. The molecule has 3 aliphatic rings. The van der Waals surface area contributed by atoms with Crippen LogP contribution in [0.25, 0.3) is 0 Å². The number of hydrogen-bond acceptors (Lipinski definition) is 4. The summed E-state index contributed by atoms with van der Waals surface area (Å²) >= 11 is 0. The molecule has 0 radical (unpaired) electrons. The largest absolute Gasteiger partial charge is 0.381 e. The molecule has 1 spiro atoms. The van der Waals surface area contributed by atoms with Crippen LogP contribution in [0.4, 0.5) is 0 Å². The predicted octanol–water partition coefficient (Wildman–Crippen LogP) is 1.69. The molecule has 0 aromatic rings. The quantitative estimate of drug-likeness (QED) is 0.795. The van der Waals surface area contributed by atoms with Gasteiger partial charge in [-0.05, 0) is 31.6 Å². The lowest BCUT2D eigenvalue weighted by molar-refractivity contribution is -0.132. The van der Waals surface area contributed by atoms with Crippen molar-refractivity contribution in [3.8, 4) is 0 Å². The molecule has 0 bridgehead atoms. The lowest BCUT2D eigenvalue weighted by atomic mass is 9.88. The van der Waals surface area contributed by atoms with Gasteiger partial charge in [-0.25, -0.2) is 0 Å². The summed E-state index contributed by atoms with van der Waals surface area (Å²) in [7, 11) is 0. The normalized spacial score (nSPS) is 28.0. The second-order valence-electron chi connectivity index (χ2n) is 8.87. The predicted molar refractivity (Wildman–Crippen MR) is 101 cm³/mol. The van der Waals surface area contributed by atoms with Gasteiger partial charge in [0.15, 0.2) is 0 Å². The van der Waals surface area contributed by atoms with Crippen LogP contribution in [0, 0.1) is 11.8 Å². The van der Waals surface area contributed by atoms with Crippen molar-refractivity contribution in [1.82, 2.24) is 15.5 Å². The summed E-state index contributed by atoms with van der Waals surface area (Å²) in [6, 6.07) is -0.453. The van der Waals surface area contributed by atoms with E-state index >= 15 is 0 Å². The van der Waals surface area contributed by atoms with Crippen LogP contribution in [0.15, 0.2) is 0 Å². The van der Waals surface area contributed by atoms with Gasteiger partial charge in [-0.3, -0.25) is 14.5 Å². The first kappa shape index (κ1) is 19.6. The second kappa shape index (κ2) is 8.70. The molecule has 3 rings (SSSR count). The minimum Gasteiger partial charge on any atom is -0.381 e. The van der Waals surface area contributed by atoms with Crippen LogP contribution in [0.3, 0.4) is 0 Å². The summed E-state index contributed by atoms with van der Waals surface area (Å²) in [4.78, 5) is 28.0. The molecule has 1 saturated carbocycles. The second-order valence-corrected chi connectivity index (χ2v) is 8.87. The van der Waals surface area contributed by atoms with Gasteiger partial charge in [-0.1, -0.05) is 33.1 Å². The molecule has 2 saturated heterocycles. The van der Waals surface area contributed by atoms with Crippen molar-refractivity contribution in [2.24, 2.45) is 11.8 Å². The number of amides is 2. The van der Waals surface area contributed by atoms with Gasteiger partial charge in [0, 0.05) is 38.8 Å². The van der Waals surface area contributed by atoms with Crippen molar-refractivity contribution in [1.29, 1.82) is 0 Å². The van der Waals surface area contributed by atoms with Crippen LogP contribution < -0.4 is 10.6 Å². The Bertz CT molecular complexity index is 497. The maximum Gasteiger partial charge on any atom is 0.244 e. The lowest BCUT2D eigenvalue weighted by Gasteiger charge is -2.39. The number of rotatable bonds is 4. The van der Waals surface area contributed by atoms with Crippen molar-refractivity contribution in [3.05, 3.63) is 0 Å². The molecule has 1 aliphatic carbocycles. The maximum atomic E-state index is 12.9. The van der Waals surface area contributed by atoms with Gasteiger partial charge in [0.2, 0.25) is 11.8 Å². The number of ether oxygens (including phenoxy) is 1. The first-order chi connectivity index (χ1) is 12.5. The van der Waals surface area contributed by atoms with Gasteiger partial charge >= 0.3 is 0 Å². The maximum absolute atomic E-state index is 12.9. The first-order valence-corrected chi connectivity index (χ1v) is 10.4. The summed E-state index contributed by atoms with van der Waals surface area (Å²) in [6.07, 6.45) is 7.07. The number of nitrogens with one attached hydrogen (secondary N) is 2. The Kier molecular flexibility index (Phi) is 6.56. The summed E-state index contributed by atoms with van der Waals surface area (Å²) < 4.78 is 5.52. The first-order valence-electron chi connectivity index (χ1n) is 10.4. The third-order valence-electron chi connectivity index (χ3n) is 6.04. The molecular formula is C20H35N3O3. The van der Waals surface area contributed by atoms with Gasteiger partial charge in [-0.15, -0.1) is 0 Å². The fourth-order valence-electron chi connectivity index (χ4n) is 4.69. The zero-order chi connectivity index (χ0) is 18.6. The standard InChI is InChI=1S/C20H35N3O3/c1-15(2)12-23-13-17(21-18(24)16-6-4-3-5-7-16)19(25)22-20(14-23)8-10-26-11-9-20/h15-17H,3-14H2,1-2H3,(H,21,24)(H,22,25). The third-order valence-corrected chi connectivity index (χ3v) is 6.04. The lowest BCUT2D eigenvalue weighted by Crippen LogP contribution is -2.58. The summed E-state index contributed by atoms with van der Waals surface area (Å²) in [5, 5.41) is 6.36. The van der Waals surface area contributed by atoms with Crippen LogP contribution in [-0.4, -0.2) is 61.1 Å². The summed E-state index contributed by atoms with van der Waals surface area (Å²) in [5.41, 5.74) is -0.214. The van der Waals surface area contributed by atoms with Crippen LogP contribution in [-0.2, 0) is 14.3 Å². The minimum absolute atomic E-state index is 0.0256. The average Bonchev–Trinajstić information content (AvgIpc) is 2.72. The highest BCUT2D eigenvalue weighted by Crippen LogP contribution is 2.26. The van der Waals surface area contributed by atoms with E-state index < -0.39 is 6.04 Å². The summed E-state index contributed by atoms with van der Waals surface area (Å²) in [6.45, 7) is 8.16. The zero-order valence-electron chi connectivity index (χ0n) is 16.4. The van der Waals surface area contributed by atoms with Gasteiger partial charge in [0.05, 0.1) is 5.54 Å². The highest BCUT2D eigenvalue weighted by Gasteiger charge is 2.42. The van der Waals surface area contributed by atoms with Gasteiger partial charge in [0.1, 0.15) is 6.04 Å². The SMILES string of the molecule is CC(C)CN1CC(NC(=O)C2CCCCC2)C(=O)NC2(CCOCC2)C1. The van der Waals surface area contributed by atoms with Crippen molar-refractivity contribution in [3.63, 3.8) is 0 Å². The molecule has 148 valence electrons. The Morgan fingerprint density at radius 3 is 2.62 bits per heavy atom. The van der Waals surface area contributed by atoms with E-state index in [4.69, 9.17) is 4.74 Å². The van der Waals surface area contributed by atoms with Crippen LogP contribution >= 0.6 is 0 Å².